The monoisotopic (exact) mass is 277 g/mol. The van der Waals surface area contributed by atoms with Crippen molar-refractivity contribution in [3.8, 4) is 0 Å². The maximum absolute atomic E-state index is 4.54. The van der Waals surface area contributed by atoms with Gasteiger partial charge in [-0.3, -0.25) is 4.68 Å². The van der Waals surface area contributed by atoms with Gasteiger partial charge in [0.05, 0.1) is 5.69 Å². The van der Waals surface area contributed by atoms with Gasteiger partial charge in [-0.2, -0.15) is 5.10 Å². The molecule has 1 heterocycles. The van der Waals surface area contributed by atoms with Crippen LogP contribution in [0.15, 0.2) is 6.20 Å². The van der Waals surface area contributed by atoms with Crippen molar-refractivity contribution >= 4 is 0 Å². The van der Waals surface area contributed by atoms with Crippen molar-refractivity contribution in [1.82, 2.24) is 15.1 Å². The second kappa shape index (κ2) is 7.26. The molecule has 0 spiro atoms. The number of hydrogen-bond donors (Lipinski definition) is 1. The van der Waals surface area contributed by atoms with E-state index in [9.17, 15) is 0 Å². The summed E-state index contributed by atoms with van der Waals surface area (Å²) in [5.74, 6) is 1.75. The van der Waals surface area contributed by atoms with Crippen molar-refractivity contribution < 1.29 is 0 Å². The van der Waals surface area contributed by atoms with Crippen LogP contribution in [0, 0.1) is 18.8 Å². The highest BCUT2D eigenvalue weighted by molar-refractivity contribution is 5.21. The number of nitrogens with one attached hydrogen (secondary N) is 1. The number of aromatic nitrogens is 2. The van der Waals surface area contributed by atoms with Gasteiger partial charge in [-0.05, 0) is 44.6 Å². The van der Waals surface area contributed by atoms with E-state index in [1.807, 2.05) is 11.7 Å². The molecule has 1 unspecified atom stereocenters. The molecule has 0 radical (unpaired) electrons. The van der Waals surface area contributed by atoms with Crippen LogP contribution in [0.4, 0.5) is 0 Å². The first kappa shape index (κ1) is 15.6. The lowest BCUT2D eigenvalue weighted by Gasteiger charge is -2.34. The van der Waals surface area contributed by atoms with E-state index in [0.29, 0.717) is 6.04 Å². The van der Waals surface area contributed by atoms with E-state index in [1.54, 1.807) is 0 Å². The second-order valence-corrected chi connectivity index (χ2v) is 6.46. The first-order chi connectivity index (χ1) is 9.65. The maximum Gasteiger partial charge on any atom is 0.0641 e. The van der Waals surface area contributed by atoms with Gasteiger partial charge < -0.3 is 5.32 Å². The van der Waals surface area contributed by atoms with Gasteiger partial charge in [0, 0.05) is 24.8 Å². The summed E-state index contributed by atoms with van der Waals surface area (Å²) in [5.41, 5.74) is 2.61. The van der Waals surface area contributed by atoms with Gasteiger partial charge in [0.1, 0.15) is 0 Å². The lowest BCUT2D eigenvalue weighted by molar-refractivity contribution is 0.218. The fourth-order valence-electron chi connectivity index (χ4n) is 3.68. The molecule has 114 valence electrons. The summed E-state index contributed by atoms with van der Waals surface area (Å²) in [4.78, 5) is 0. The molecule has 0 bridgehead atoms. The standard InChI is InChI=1S/C17H31N3/c1-5-11-18-17(16-12-20(4)19-13(16)3)15-9-7-14(6-2)8-10-15/h12,14-15,17-18H,5-11H2,1-4H3. The van der Waals surface area contributed by atoms with E-state index in [4.69, 9.17) is 0 Å². The minimum Gasteiger partial charge on any atom is -0.310 e. The molecule has 1 saturated carbocycles. The number of hydrogen-bond acceptors (Lipinski definition) is 2. The Morgan fingerprint density at radius 1 is 1.30 bits per heavy atom. The first-order valence-corrected chi connectivity index (χ1v) is 8.39. The van der Waals surface area contributed by atoms with E-state index < -0.39 is 0 Å². The molecule has 0 amide bonds. The van der Waals surface area contributed by atoms with Gasteiger partial charge in [0.25, 0.3) is 0 Å². The molecule has 0 saturated heterocycles. The van der Waals surface area contributed by atoms with Gasteiger partial charge in [0.2, 0.25) is 0 Å². The van der Waals surface area contributed by atoms with Crippen LogP contribution in [-0.2, 0) is 7.05 Å². The molecule has 1 N–H and O–H groups in total. The number of nitrogens with zero attached hydrogens (tertiary/aromatic N) is 2. The Balaban J connectivity index is 2.09. The second-order valence-electron chi connectivity index (χ2n) is 6.46. The Morgan fingerprint density at radius 2 is 2.00 bits per heavy atom. The predicted octanol–water partition coefficient (Wildman–Crippen LogP) is 3.99. The summed E-state index contributed by atoms with van der Waals surface area (Å²) in [6.07, 6.45) is 10.3. The SMILES string of the molecule is CCCNC(c1cn(C)nc1C)C1CCC(CC)CC1. The summed E-state index contributed by atoms with van der Waals surface area (Å²) in [6, 6.07) is 0.501. The molecule has 1 aliphatic rings. The molecular formula is C17H31N3. The van der Waals surface area contributed by atoms with Crippen LogP contribution in [0.25, 0.3) is 0 Å². The van der Waals surface area contributed by atoms with Crippen molar-refractivity contribution in [3.63, 3.8) is 0 Å². The molecule has 1 atom stereocenters. The predicted molar refractivity (Wildman–Crippen MR) is 84.7 cm³/mol. The van der Waals surface area contributed by atoms with Crippen LogP contribution in [-0.4, -0.2) is 16.3 Å². The van der Waals surface area contributed by atoms with Gasteiger partial charge in [-0.15, -0.1) is 0 Å². The Bertz CT molecular complexity index is 402. The van der Waals surface area contributed by atoms with Gasteiger partial charge in [0.15, 0.2) is 0 Å². The van der Waals surface area contributed by atoms with Crippen LogP contribution in [0.1, 0.15) is 69.7 Å². The van der Waals surface area contributed by atoms with Crippen molar-refractivity contribution in [3.05, 3.63) is 17.5 Å². The van der Waals surface area contributed by atoms with Gasteiger partial charge >= 0.3 is 0 Å². The van der Waals surface area contributed by atoms with Crippen molar-refractivity contribution in [2.45, 2.75) is 65.3 Å². The van der Waals surface area contributed by atoms with E-state index in [-0.39, 0.29) is 0 Å². The van der Waals surface area contributed by atoms with Crippen molar-refractivity contribution in [2.75, 3.05) is 6.54 Å². The molecule has 20 heavy (non-hydrogen) atoms. The summed E-state index contributed by atoms with van der Waals surface area (Å²) < 4.78 is 1.96. The molecule has 1 aromatic rings. The molecule has 1 aromatic heterocycles. The lowest BCUT2D eigenvalue weighted by Crippen LogP contribution is -2.31. The molecule has 0 aromatic carbocycles. The topological polar surface area (TPSA) is 29.9 Å². The summed E-state index contributed by atoms with van der Waals surface area (Å²) in [5, 5.41) is 8.33. The fourth-order valence-corrected chi connectivity index (χ4v) is 3.68. The molecule has 2 rings (SSSR count). The highest BCUT2D eigenvalue weighted by Gasteiger charge is 2.29. The smallest absolute Gasteiger partial charge is 0.0641 e. The zero-order valence-corrected chi connectivity index (χ0v) is 13.7. The van der Waals surface area contributed by atoms with Crippen LogP contribution >= 0.6 is 0 Å². The number of rotatable bonds is 6. The molecule has 0 aliphatic heterocycles. The minimum absolute atomic E-state index is 0.501. The largest absolute Gasteiger partial charge is 0.310 e. The van der Waals surface area contributed by atoms with E-state index >= 15 is 0 Å². The first-order valence-electron chi connectivity index (χ1n) is 8.39. The van der Waals surface area contributed by atoms with E-state index in [2.05, 4.69) is 37.4 Å². The Hall–Kier alpha value is -0.830. The summed E-state index contributed by atoms with van der Waals surface area (Å²) in [7, 11) is 2.03. The summed E-state index contributed by atoms with van der Waals surface area (Å²) >= 11 is 0. The molecule has 3 heteroatoms. The van der Waals surface area contributed by atoms with Crippen LogP contribution in [0.5, 0.6) is 0 Å². The Kier molecular flexibility index (Phi) is 5.64. The molecule has 3 nitrogen and oxygen atoms in total. The average molecular weight is 277 g/mol. The van der Waals surface area contributed by atoms with E-state index in [0.717, 1.165) is 18.4 Å². The van der Waals surface area contributed by atoms with Gasteiger partial charge in [-0.25, -0.2) is 0 Å². The fraction of sp³-hybridized carbons (Fsp3) is 0.824. The molecule has 1 fully saturated rings. The third kappa shape index (κ3) is 3.63. The van der Waals surface area contributed by atoms with E-state index in [1.165, 1.54) is 49.8 Å². The quantitative estimate of drug-likeness (QED) is 0.852. The third-order valence-corrected chi connectivity index (χ3v) is 4.94. The Morgan fingerprint density at radius 3 is 2.50 bits per heavy atom. The molecular weight excluding hydrogens is 246 g/mol. The summed E-state index contributed by atoms with van der Waals surface area (Å²) in [6.45, 7) is 7.83. The zero-order valence-electron chi connectivity index (χ0n) is 13.7. The number of aryl methyl sites for hydroxylation is 2. The van der Waals surface area contributed by atoms with Crippen LogP contribution in [0.3, 0.4) is 0 Å². The average Bonchev–Trinajstić information content (AvgIpc) is 2.79. The Labute approximate surface area is 124 Å². The maximum atomic E-state index is 4.54. The normalized spacial score (nSPS) is 24.8. The third-order valence-electron chi connectivity index (χ3n) is 4.94. The van der Waals surface area contributed by atoms with Crippen LogP contribution < -0.4 is 5.32 Å². The van der Waals surface area contributed by atoms with Crippen LogP contribution in [0.2, 0.25) is 0 Å². The zero-order chi connectivity index (χ0) is 14.5. The highest BCUT2D eigenvalue weighted by Crippen LogP contribution is 2.38. The van der Waals surface area contributed by atoms with Gasteiger partial charge in [-0.1, -0.05) is 33.1 Å². The van der Waals surface area contributed by atoms with Crippen molar-refractivity contribution in [2.24, 2.45) is 18.9 Å². The highest BCUT2D eigenvalue weighted by atomic mass is 15.3. The molecule has 1 aliphatic carbocycles. The minimum atomic E-state index is 0.501. The van der Waals surface area contributed by atoms with Crippen molar-refractivity contribution in [1.29, 1.82) is 0 Å². The lowest BCUT2D eigenvalue weighted by atomic mass is 9.76.